The Balaban J connectivity index is 2.41. The molecule has 0 aliphatic carbocycles. The molecule has 2 atom stereocenters. The first-order valence-corrected chi connectivity index (χ1v) is 6.23. The Labute approximate surface area is 95.4 Å². The van der Waals surface area contributed by atoms with Crippen LogP contribution in [-0.4, -0.2) is 19.9 Å². The van der Waals surface area contributed by atoms with Crippen LogP contribution in [0, 0.1) is 5.92 Å². The summed E-state index contributed by atoms with van der Waals surface area (Å²) >= 11 is 1.94. The molecule has 1 N–H and O–H groups in total. The fourth-order valence-electron chi connectivity index (χ4n) is 2.09. The van der Waals surface area contributed by atoms with Gasteiger partial charge in [-0.05, 0) is 36.7 Å². The van der Waals surface area contributed by atoms with Crippen molar-refractivity contribution in [3.8, 4) is 5.75 Å². The standard InChI is InChI=1S/C12H17NOS/c1-8-7-15-11-5-4-9(14-3)6-10(11)12(8)13-2/h4-6,8,12-13H,7H2,1-3H3. The third-order valence-electron chi connectivity index (χ3n) is 2.93. The minimum atomic E-state index is 0.455. The average molecular weight is 223 g/mol. The Kier molecular flexibility index (Phi) is 3.22. The van der Waals surface area contributed by atoms with Gasteiger partial charge in [0.05, 0.1) is 7.11 Å². The molecule has 1 heterocycles. The fourth-order valence-corrected chi connectivity index (χ4v) is 3.24. The van der Waals surface area contributed by atoms with Crippen LogP contribution in [0.5, 0.6) is 5.75 Å². The Morgan fingerprint density at radius 2 is 2.27 bits per heavy atom. The molecule has 0 amide bonds. The van der Waals surface area contributed by atoms with E-state index in [1.807, 2.05) is 24.9 Å². The molecule has 0 bridgehead atoms. The van der Waals surface area contributed by atoms with Crippen LogP contribution in [0.2, 0.25) is 0 Å². The summed E-state index contributed by atoms with van der Waals surface area (Å²) in [5.74, 6) is 2.80. The van der Waals surface area contributed by atoms with Gasteiger partial charge in [0.1, 0.15) is 5.75 Å². The van der Waals surface area contributed by atoms with E-state index in [1.54, 1.807) is 7.11 Å². The lowest BCUT2D eigenvalue weighted by molar-refractivity contribution is 0.405. The number of methoxy groups -OCH3 is 1. The molecule has 2 rings (SSSR count). The minimum Gasteiger partial charge on any atom is -0.497 e. The molecule has 3 heteroatoms. The van der Waals surface area contributed by atoms with Crippen LogP contribution < -0.4 is 10.1 Å². The third kappa shape index (κ3) is 1.99. The summed E-state index contributed by atoms with van der Waals surface area (Å²) in [5.41, 5.74) is 1.38. The molecule has 0 radical (unpaired) electrons. The highest BCUT2D eigenvalue weighted by atomic mass is 32.2. The normalized spacial score (nSPS) is 24.7. The van der Waals surface area contributed by atoms with Crippen molar-refractivity contribution in [3.05, 3.63) is 23.8 Å². The van der Waals surface area contributed by atoms with E-state index in [0.29, 0.717) is 12.0 Å². The van der Waals surface area contributed by atoms with Crippen molar-refractivity contribution in [1.82, 2.24) is 5.32 Å². The van der Waals surface area contributed by atoms with Gasteiger partial charge in [-0.3, -0.25) is 0 Å². The van der Waals surface area contributed by atoms with Crippen molar-refractivity contribution >= 4 is 11.8 Å². The maximum absolute atomic E-state index is 5.27. The van der Waals surface area contributed by atoms with E-state index in [9.17, 15) is 0 Å². The number of hydrogen-bond acceptors (Lipinski definition) is 3. The predicted octanol–water partition coefficient (Wildman–Crippen LogP) is 2.70. The van der Waals surface area contributed by atoms with Gasteiger partial charge >= 0.3 is 0 Å². The van der Waals surface area contributed by atoms with E-state index in [4.69, 9.17) is 4.74 Å². The van der Waals surface area contributed by atoms with Crippen molar-refractivity contribution < 1.29 is 4.74 Å². The molecular weight excluding hydrogens is 206 g/mol. The van der Waals surface area contributed by atoms with Crippen LogP contribution in [0.4, 0.5) is 0 Å². The monoisotopic (exact) mass is 223 g/mol. The maximum Gasteiger partial charge on any atom is 0.119 e. The van der Waals surface area contributed by atoms with Gasteiger partial charge in [-0.15, -0.1) is 11.8 Å². The van der Waals surface area contributed by atoms with Gasteiger partial charge in [0.25, 0.3) is 0 Å². The number of fused-ring (bicyclic) bond motifs is 1. The van der Waals surface area contributed by atoms with Crippen LogP contribution >= 0.6 is 11.8 Å². The molecule has 1 aliphatic heterocycles. The number of benzene rings is 1. The smallest absolute Gasteiger partial charge is 0.119 e. The molecule has 0 fully saturated rings. The van der Waals surface area contributed by atoms with Gasteiger partial charge in [0.15, 0.2) is 0 Å². The van der Waals surface area contributed by atoms with Gasteiger partial charge in [-0.1, -0.05) is 6.92 Å². The van der Waals surface area contributed by atoms with E-state index in [-0.39, 0.29) is 0 Å². The molecule has 1 aromatic carbocycles. The Morgan fingerprint density at radius 1 is 1.47 bits per heavy atom. The predicted molar refractivity (Wildman–Crippen MR) is 64.7 cm³/mol. The average Bonchev–Trinajstić information content (AvgIpc) is 2.28. The summed E-state index contributed by atoms with van der Waals surface area (Å²) in [7, 11) is 3.75. The minimum absolute atomic E-state index is 0.455. The first kappa shape index (κ1) is 10.8. The zero-order valence-corrected chi connectivity index (χ0v) is 10.2. The molecule has 0 saturated carbocycles. The lowest BCUT2D eigenvalue weighted by atomic mass is 9.95. The lowest BCUT2D eigenvalue weighted by Gasteiger charge is -2.30. The van der Waals surface area contributed by atoms with Crippen molar-refractivity contribution in [2.24, 2.45) is 5.92 Å². The van der Waals surface area contributed by atoms with E-state index in [0.717, 1.165) is 5.75 Å². The van der Waals surface area contributed by atoms with Gasteiger partial charge in [0.2, 0.25) is 0 Å². The first-order valence-electron chi connectivity index (χ1n) is 5.24. The van der Waals surface area contributed by atoms with Crippen molar-refractivity contribution in [3.63, 3.8) is 0 Å². The molecule has 1 aliphatic rings. The first-order chi connectivity index (χ1) is 7.26. The van der Waals surface area contributed by atoms with E-state index < -0.39 is 0 Å². The van der Waals surface area contributed by atoms with Gasteiger partial charge < -0.3 is 10.1 Å². The Bertz CT molecular complexity index is 353. The quantitative estimate of drug-likeness (QED) is 0.833. The summed E-state index contributed by atoms with van der Waals surface area (Å²) in [5, 5.41) is 3.39. The second-order valence-corrected chi connectivity index (χ2v) is 5.02. The van der Waals surface area contributed by atoms with Gasteiger partial charge in [-0.2, -0.15) is 0 Å². The Morgan fingerprint density at radius 3 is 2.93 bits per heavy atom. The lowest BCUT2D eigenvalue weighted by Crippen LogP contribution is -2.28. The topological polar surface area (TPSA) is 21.3 Å². The summed E-state index contributed by atoms with van der Waals surface area (Å²) in [6.07, 6.45) is 0. The van der Waals surface area contributed by atoms with Crippen LogP contribution in [0.15, 0.2) is 23.1 Å². The molecule has 2 nitrogen and oxygen atoms in total. The van der Waals surface area contributed by atoms with E-state index in [1.165, 1.54) is 16.2 Å². The Hall–Kier alpha value is -0.670. The number of thioether (sulfide) groups is 1. The summed E-state index contributed by atoms with van der Waals surface area (Å²) in [6, 6.07) is 6.80. The van der Waals surface area contributed by atoms with Crippen LogP contribution in [0.25, 0.3) is 0 Å². The number of ether oxygens (including phenoxy) is 1. The zero-order valence-electron chi connectivity index (χ0n) is 9.41. The number of nitrogens with one attached hydrogen (secondary N) is 1. The molecule has 0 spiro atoms. The van der Waals surface area contributed by atoms with Crippen LogP contribution in [-0.2, 0) is 0 Å². The highest BCUT2D eigenvalue weighted by Crippen LogP contribution is 2.40. The second kappa shape index (κ2) is 4.45. The SMILES string of the molecule is CNC1c2cc(OC)ccc2SCC1C. The molecular formula is C12H17NOS. The highest BCUT2D eigenvalue weighted by Gasteiger charge is 2.25. The zero-order chi connectivity index (χ0) is 10.8. The van der Waals surface area contributed by atoms with Gasteiger partial charge in [0, 0.05) is 16.7 Å². The summed E-state index contributed by atoms with van der Waals surface area (Å²) in [4.78, 5) is 1.38. The number of hydrogen-bond donors (Lipinski definition) is 1. The third-order valence-corrected chi connectivity index (χ3v) is 4.31. The van der Waals surface area contributed by atoms with Crippen molar-refractivity contribution in [2.75, 3.05) is 19.9 Å². The van der Waals surface area contributed by atoms with Crippen LogP contribution in [0.3, 0.4) is 0 Å². The van der Waals surface area contributed by atoms with Gasteiger partial charge in [-0.25, -0.2) is 0 Å². The van der Waals surface area contributed by atoms with Crippen molar-refractivity contribution in [2.45, 2.75) is 17.9 Å². The molecule has 15 heavy (non-hydrogen) atoms. The molecule has 1 aromatic rings. The second-order valence-electron chi connectivity index (χ2n) is 3.96. The number of rotatable bonds is 2. The van der Waals surface area contributed by atoms with E-state index >= 15 is 0 Å². The highest BCUT2D eigenvalue weighted by molar-refractivity contribution is 7.99. The summed E-state index contributed by atoms with van der Waals surface area (Å²) < 4.78 is 5.27. The fraction of sp³-hybridized carbons (Fsp3) is 0.500. The largest absolute Gasteiger partial charge is 0.497 e. The summed E-state index contributed by atoms with van der Waals surface area (Å²) in [6.45, 7) is 2.29. The van der Waals surface area contributed by atoms with Crippen molar-refractivity contribution in [1.29, 1.82) is 0 Å². The van der Waals surface area contributed by atoms with E-state index in [2.05, 4.69) is 24.4 Å². The molecule has 2 unspecified atom stereocenters. The van der Waals surface area contributed by atoms with Crippen LogP contribution in [0.1, 0.15) is 18.5 Å². The molecule has 0 aromatic heterocycles. The molecule has 82 valence electrons. The molecule has 0 saturated heterocycles. The maximum atomic E-state index is 5.27.